The second-order valence-corrected chi connectivity index (χ2v) is 3.50. The fraction of sp³-hybridized carbons (Fsp3) is 0.778. The second kappa shape index (κ2) is 9.44. The molecule has 94 valence electrons. The van der Waals surface area contributed by atoms with E-state index < -0.39 is 12.0 Å². The summed E-state index contributed by atoms with van der Waals surface area (Å²) >= 11 is 3.73. The number of carbonyl (C=O) groups excluding carboxylic acids is 1. The van der Waals surface area contributed by atoms with Crippen LogP contribution in [0.1, 0.15) is 6.92 Å². The van der Waals surface area contributed by atoms with Crippen LogP contribution in [0.2, 0.25) is 0 Å². The minimum atomic E-state index is -1.06. The Hall–Kier alpha value is -0.790. The zero-order valence-corrected chi connectivity index (χ0v) is 10.1. The lowest BCUT2D eigenvalue weighted by molar-refractivity contribution is -0.140. The minimum Gasteiger partial charge on any atom is -0.480 e. The van der Waals surface area contributed by atoms with Crippen LogP contribution in [0.5, 0.6) is 0 Å². The molecule has 0 aromatic carbocycles. The summed E-state index contributed by atoms with van der Waals surface area (Å²) in [5, 5.41) is 13.7. The third-order valence-electron chi connectivity index (χ3n) is 1.70. The number of morpholine rings is 1. The van der Waals surface area contributed by atoms with Crippen molar-refractivity contribution in [1.29, 1.82) is 0 Å². The summed E-state index contributed by atoms with van der Waals surface area (Å²) in [5.74, 6) is -1.32. The van der Waals surface area contributed by atoms with E-state index in [1.54, 1.807) is 0 Å². The van der Waals surface area contributed by atoms with Gasteiger partial charge >= 0.3 is 5.97 Å². The Morgan fingerprint density at radius 1 is 1.50 bits per heavy atom. The summed E-state index contributed by atoms with van der Waals surface area (Å²) in [6, 6.07) is -0.874. The average molecular weight is 250 g/mol. The molecule has 1 fully saturated rings. The number of amides is 1. The van der Waals surface area contributed by atoms with Gasteiger partial charge in [0.15, 0.2) is 0 Å². The van der Waals surface area contributed by atoms with Crippen LogP contribution in [0.25, 0.3) is 0 Å². The molecule has 1 rings (SSSR count). The monoisotopic (exact) mass is 250 g/mol. The molecule has 1 aliphatic rings. The number of carboxylic acids is 1. The Labute approximate surface area is 100 Å². The van der Waals surface area contributed by atoms with Gasteiger partial charge in [-0.15, -0.1) is 0 Å². The van der Waals surface area contributed by atoms with Gasteiger partial charge in [-0.25, -0.2) is 4.79 Å². The molecule has 0 aromatic rings. The van der Waals surface area contributed by atoms with E-state index in [0.29, 0.717) is 0 Å². The van der Waals surface area contributed by atoms with Crippen LogP contribution in [-0.2, 0) is 14.3 Å². The molecule has 1 saturated heterocycles. The number of rotatable bonds is 3. The maximum atomic E-state index is 10.3. The summed E-state index contributed by atoms with van der Waals surface area (Å²) in [6.07, 6.45) is 0. The van der Waals surface area contributed by atoms with Gasteiger partial charge in [-0.05, 0) is 0 Å². The number of nitrogens with one attached hydrogen (secondary N) is 2. The Morgan fingerprint density at radius 3 is 2.19 bits per heavy atom. The Kier molecular flexibility index (Phi) is 8.97. The van der Waals surface area contributed by atoms with E-state index in [9.17, 15) is 9.59 Å². The topological polar surface area (TPSA) is 87.7 Å². The summed E-state index contributed by atoms with van der Waals surface area (Å²) in [7, 11) is 0. The van der Waals surface area contributed by atoms with Crippen LogP contribution in [0.15, 0.2) is 0 Å². The zero-order chi connectivity index (χ0) is 12.4. The first-order valence-electron chi connectivity index (χ1n) is 4.97. The largest absolute Gasteiger partial charge is 0.480 e. The van der Waals surface area contributed by atoms with Crippen LogP contribution >= 0.6 is 12.6 Å². The molecule has 1 aliphatic heterocycles. The van der Waals surface area contributed by atoms with Crippen LogP contribution in [0.3, 0.4) is 0 Å². The van der Waals surface area contributed by atoms with E-state index in [0.717, 1.165) is 26.3 Å². The van der Waals surface area contributed by atoms with Gasteiger partial charge in [0.25, 0.3) is 0 Å². The smallest absolute Gasteiger partial charge is 0.327 e. The highest BCUT2D eigenvalue weighted by Gasteiger charge is 2.15. The van der Waals surface area contributed by atoms with Gasteiger partial charge in [0.1, 0.15) is 6.04 Å². The third kappa shape index (κ3) is 8.51. The molecule has 1 heterocycles. The SMILES string of the molecule is C1COCCN1.CC(=O)NC(CS)C(=O)O. The van der Waals surface area contributed by atoms with Gasteiger partial charge < -0.3 is 20.5 Å². The average Bonchev–Trinajstić information content (AvgIpc) is 2.28. The second-order valence-electron chi connectivity index (χ2n) is 3.14. The van der Waals surface area contributed by atoms with Crippen molar-refractivity contribution in [1.82, 2.24) is 10.6 Å². The minimum absolute atomic E-state index is 0.106. The van der Waals surface area contributed by atoms with Crippen molar-refractivity contribution in [2.75, 3.05) is 32.1 Å². The molecular formula is C9H18N2O4S. The summed E-state index contributed by atoms with van der Waals surface area (Å²) < 4.78 is 5.01. The highest BCUT2D eigenvalue weighted by Crippen LogP contribution is 1.86. The van der Waals surface area contributed by atoms with Crippen molar-refractivity contribution >= 4 is 24.5 Å². The van der Waals surface area contributed by atoms with E-state index in [2.05, 4.69) is 23.3 Å². The highest BCUT2D eigenvalue weighted by atomic mass is 32.1. The molecule has 0 spiro atoms. The molecule has 1 amide bonds. The molecule has 1 atom stereocenters. The molecule has 3 N–H and O–H groups in total. The predicted octanol–water partition coefficient (Wildman–Crippen LogP) is -0.888. The molecule has 0 saturated carbocycles. The van der Waals surface area contributed by atoms with Crippen LogP contribution in [0, 0.1) is 0 Å². The van der Waals surface area contributed by atoms with Crippen molar-refractivity contribution < 1.29 is 19.4 Å². The first kappa shape index (κ1) is 15.2. The van der Waals surface area contributed by atoms with Gasteiger partial charge in [-0.3, -0.25) is 4.79 Å². The van der Waals surface area contributed by atoms with Crippen molar-refractivity contribution in [3.05, 3.63) is 0 Å². The van der Waals surface area contributed by atoms with Crippen LogP contribution in [-0.4, -0.2) is 55.1 Å². The first-order valence-corrected chi connectivity index (χ1v) is 5.60. The number of aliphatic carboxylic acids is 1. The van der Waals surface area contributed by atoms with Crippen LogP contribution in [0.4, 0.5) is 0 Å². The molecule has 1 unspecified atom stereocenters. The van der Waals surface area contributed by atoms with Crippen molar-refractivity contribution in [2.24, 2.45) is 0 Å². The number of hydrogen-bond acceptors (Lipinski definition) is 5. The van der Waals surface area contributed by atoms with Gasteiger partial charge in [0.2, 0.25) is 5.91 Å². The predicted molar refractivity (Wildman–Crippen MR) is 62.8 cm³/mol. The molecular weight excluding hydrogens is 232 g/mol. The van der Waals surface area contributed by atoms with Gasteiger partial charge in [-0.2, -0.15) is 12.6 Å². The molecule has 0 aromatic heterocycles. The lowest BCUT2D eigenvalue weighted by Gasteiger charge is -2.10. The summed E-state index contributed by atoms with van der Waals surface area (Å²) in [5.41, 5.74) is 0. The third-order valence-corrected chi connectivity index (χ3v) is 2.07. The Bertz CT molecular complexity index is 210. The molecule has 16 heavy (non-hydrogen) atoms. The maximum Gasteiger partial charge on any atom is 0.327 e. The van der Waals surface area contributed by atoms with Gasteiger partial charge in [0.05, 0.1) is 13.2 Å². The molecule has 0 radical (unpaired) electrons. The number of hydrogen-bond donors (Lipinski definition) is 4. The lowest BCUT2D eigenvalue weighted by atomic mass is 10.3. The fourth-order valence-electron chi connectivity index (χ4n) is 0.947. The number of thiol groups is 1. The number of carbonyl (C=O) groups is 2. The summed E-state index contributed by atoms with van der Waals surface area (Å²) in [4.78, 5) is 20.5. The van der Waals surface area contributed by atoms with E-state index in [1.165, 1.54) is 6.92 Å². The maximum absolute atomic E-state index is 10.3. The van der Waals surface area contributed by atoms with E-state index in [-0.39, 0.29) is 11.7 Å². The number of carboxylic acid groups (broad SMARTS) is 1. The van der Waals surface area contributed by atoms with Crippen molar-refractivity contribution in [3.8, 4) is 0 Å². The fourth-order valence-corrected chi connectivity index (χ4v) is 1.19. The molecule has 0 aliphatic carbocycles. The Balaban J connectivity index is 0.000000315. The molecule has 7 heteroatoms. The van der Waals surface area contributed by atoms with Crippen molar-refractivity contribution in [3.63, 3.8) is 0 Å². The van der Waals surface area contributed by atoms with Crippen molar-refractivity contribution in [2.45, 2.75) is 13.0 Å². The molecule has 6 nitrogen and oxygen atoms in total. The van der Waals surface area contributed by atoms with Crippen LogP contribution < -0.4 is 10.6 Å². The first-order chi connectivity index (χ1) is 7.57. The van der Waals surface area contributed by atoms with Gasteiger partial charge in [0, 0.05) is 25.8 Å². The summed E-state index contributed by atoms with van der Waals surface area (Å²) in [6.45, 7) is 5.10. The quantitative estimate of drug-likeness (QED) is 0.488. The Morgan fingerprint density at radius 2 is 2.06 bits per heavy atom. The standard InChI is InChI=1S/C5H9NO3S.C4H9NO/c1-3(7)6-4(2-10)5(8)9;1-3-6-4-2-5-1/h4,10H,2H2,1H3,(H,6,7)(H,8,9);5H,1-4H2. The van der Waals surface area contributed by atoms with E-state index >= 15 is 0 Å². The lowest BCUT2D eigenvalue weighted by Crippen LogP contribution is -2.40. The zero-order valence-electron chi connectivity index (χ0n) is 9.23. The van der Waals surface area contributed by atoms with Gasteiger partial charge in [-0.1, -0.05) is 0 Å². The van der Waals surface area contributed by atoms with E-state index in [1.807, 2.05) is 0 Å². The molecule has 0 bridgehead atoms. The number of ether oxygens (including phenoxy) is 1. The highest BCUT2D eigenvalue weighted by molar-refractivity contribution is 7.80. The van der Waals surface area contributed by atoms with E-state index in [4.69, 9.17) is 9.84 Å². The normalized spacial score (nSPS) is 16.6.